The lowest BCUT2D eigenvalue weighted by atomic mass is 9.79. The van der Waals surface area contributed by atoms with Gasteiger partial charge >= 0.3 is 11.7 Å². The van der Waals surface area contributed by atoms with E-state index in [0.29, 0.717) is 17.9 Å². The van der Waals surface area contributed by atoms with E-state index in [0.717, 1.165) is 23.0 Å². The minimum absolute atomic E-state index is 0.275. The fourth-order valence-electron chi connectivity index (χ4n) is 3.61. The number of halogens is 1. The summed E-state index contributed by atoms with van der Waals surface area (Å²) >= 11 is 5.94. The third-order valence-electron chi connectivity index (χ3n) is 5.23. The van der Waals surface area contributed by atoms with Crippen LogP contribution in [0.2, 0.25) is 5.02 Å². The molecule has 0 unspecified atom stereocenters. The van der Waals surface area contributed by atoms with Crippen molar-refractivity contribution in [3.05, 3.63) is 61.3 Å². The summed E-state index contributed by atoms with van der Waals surface area (Å²) in [7, 11) is 1.32. The molecule has 1 fully saturated rings. The summed E-state index contributed by atoms with van der Waals surface area (Å²) in [6, 6.07) is 6.99. The predicted molar refractivity (Wildman–Crippen MR) is 104 cm³/mol. The molecule has 0 radical (unpaired) electrons. The number of aromatic nitrogens is 2. The number of ether oxygens (including phenoxy) is 1. The molecule has 8 nitrogen and oxygen atoms in total. The average molecular weight is 406 g/mol. The Morgan fingerprint density at radius 2 is 1.82 bits per heavy atom. The van der Waals surface area contributed by atoms with Crippen molar-refractivity contribution in [3.63, 3.8) is 0 Å². The standard InChI is InChI=1S/C19H20ClN3O5/c1-23-15(21)14(16(25)22-18(23)27)13(24)10-28-17(26)19(8-2-3-9-19)11-4-6-12(20)7-5-11/h4-7H,2-3,8-10,21H2,1H3,(H,22,25,27). The number of hydrogen-bond donors (Lipinski definition) is 2. The van der Waals surface area contributed by atoms with Crippen LogP contribution in [0.1, 0.15) is 41.6 Å². The van der Waals surface area contributed by atoms with Crippen LogP contribution in [0.15, 0.2) is 33.9 Å². The van der Waals surface area contributed by atoms with E-state index in [2.05, 4.69) is 0 Å². The van der Waals surface area contributed by atoms with Gasteiger partial charge in [-0.25, -0.2) is 4.79 Å². The van der Waals surface area contributed by atoms with Crippen molar-refractivity contribution in [2.45, 2.75) is 31.1 Å². The number of Topliss-reactive ketones (excluding diaryl/α,β-unsaturated/α-hetero) is 1. The summed E-state index contributed by atoms with van der Waals surface area (Å²) < 4.78 is 6.24. The molecule has 9 heteroatoms. The smallest absolute Gasteiger partial charge is 0.329 e. The Kier molecular flexibility index (Phi) is 5.42. The first-order valence-electron chi connectivity index (χ1n) is 8.81. The van der Waals surface area contributed by atoms with Crippen LogP contribution in [-0.2, 0) is 22.0 Å². The second-order valence-electron chi connectivity index (χ2n) is 6.87. The number of carbonyl (C=O) groups is 2. The minimum Gasteiger partial charge on any atom is -0.457 e. The summed E-state index contributed by atoms with van der Waals surface area (Å²) in [5.74, 6) is -1.57. The van der Waals surface area contributed by atoms with Crippen molar-refractivity contribution in [1.82, 2.24) is 9.55 Å². The molecule has 1 aliphatic carbocycles. The number of esters is 1. The third kappa shape index (κ3) is 3.47. The number of rotatable bonds is 5. The molecular formula is C19H20ClN3O5. The van der Waals surface area contributed by atoms with Gasteiger partial charge in [0, 0.05) is 12.1 Å². The number of nitrogens with zero attached hydrogens (tertiary/aromatic N) is 1. The van der Waals surface area contributed by atoms with Gasteiger partial charge in [-0.1, -0.05) is 36.6 Å². The van der Waals surface area contributed by atoms with Gasteiger partial charge in [-0.05, 0) is 30.5 Å². The van der Waals surface area contributed by atoms with Gasteiger partial charge in [0.05, 0.1) is 5.41 Å². The predicted octanol–water partition coefficient (Wildman–Crippen LogP) is 1.55. The number of H-pyrrole nitrogens is 1. The van der Waals surface area contributed by atoms with E-state index in [1.165, 1.54) is 7.05 Å². The molecule has 0 aliphatic heterocycles. The van der Waals surface area contributed by atoms with Gasteiger partial charge in [-0.2, -0.15) is 0 Å². The molecule has 2 aromatic rings. The molecule has 1 aromatic carbocycles. The quantitative estimate of drug-likeness (QED) is 0.574. The number of nitrogens with one attached hydrogen (secondary N) is 1. The maximum absolute atomic E-state index is 12.9. The molecule has 0 atom stereocenters. The number of hydrogen-bond acceptors (Lipinski definition) is 6. The van der Waals surface area contributed by atoms with Crippen LogP contribution in [0.3, 0.4) is 0 Å². The highest BCUT2D eigenvalue weighted by Gasteiger charge is 2.44. The monoisotopic (exact) mass is 405 g/mol. The second-order valence-corrected chi connectivity index (χ2v) is 7.31. The molecule has 1 aliphatic rings. The van der Waals surface area contributed by atoms with Crippen molar-refractivity contribution in [1.29, 1.82) is 0 Å². The Balaban J connectivity index is 1.82. The first-order valence-corrected chi connectivity index (χ1v) is 9.19. The minimum atomic E-state index is -0.907. The van der Waals surface area contributed by atoms with Crippen LogP contribution in [-0.4, -0.2) is 27.9 Å². The lowest BCUT2D eigenvalue weighted by Gasteiger charge is -2.27. The zero-order valence-electron chi connectivity index (χ0n) is 15.3. The summed E-state index contributed by atoms with van der Waals surface area (Å²) in [6.07, 6.45) is 2.92. The van der Waals surface area contributed by atoms with E-state index in [-0.39, 0.29) is 5.82 Å². The topological polar surface area (TPSA) is 124 Å². The molecule has 148 valence electrons. The normalized spacial score (nSPS) is 15.4. The van der Waals surface area contributed by atoms with Gasteiger partial charge < -0.3 is 10.5 Å². The van der Waals surface area contributed by atoms with E-state index in [4.69, 9.17) is 22.1 Å². The third-order valence-corrected chi connectivity index (χ3v) is 5.48. The van der Waals surface area contributed by atoms with E-state index in [1.54, 1.807) is 24.3 Å². The second kappa shape index (κ2) is 7.63. The molecule has 28 heavy (non-hydrogen) atoms. The van der Waals surface area contributed by atoms with Crippen molar-refractivity contribution in [3.8, 4) is 0 Å². The Morgan fingerprint density at radius 1 is 1.21 bits per heavy atom. The van der Waals surface area contributed by atoms with Crippen LogP contribution in [0.4, 0.5) is 5.82 Å². The molecule has 0 amide bonds. The fraction of sp³-hybridized carbons (Fsp3) is 0.368. The number of ketones is 1. The van der Waals surface area contributed by atoms with Gasteiger partial charge in [-0.3, -0.25) is 23.9 Å². The fourth-order valence-corrected chi connectivity index (χ4v) is 3.73. The number of carbonyl (C=O) groups excluding carboxylic acids is 2. The lowest BCUT2D eigenvalue weighted by molar-refractivity contribution is -0.149. The summed E-state index contributed by atoms with van der Waals surface area (Å²) in [5.41, 5.74) is 3.62. The molecule has 1 saturated carbocycles. The van der Waals surface area contributed by atoms with Crippen LogP contribution in [0.25, 0.3) is 0 Å². The molecular weight excluding hydrogens is 386 g/mol. The Bertz CT molecular complexity index is 1030. The Morgan fingerprint density at radius 3 is 2.43 bits per heavy atom. The van der Waals surface area contributed by atoms with Crippen LogP contribution in [0, 0.1) is 0 Å². The van der Waals surface area contributed by atoms with E-state index in [1.807, 2.05) is 4.98 Å². The largest absolute Gasteiger partial charge is 0.457 e. The van der Waals surface area contributed by atoms with Gasteiger partial charge in [0.2, 0.25) is 5.78 Å². The Hall–Kier alpha value is -2.87. The molecule has 1 heterocycles. The number of aromatic amines is 1. The molecule has 3 N–H and O–H groups in total. The summed E-state index contributed by atoms with van der Waals surface area (Å²) in [6.45, 7) is -0.639. The zero-order valence-corrected chi connectivity index (χ0v) is 16.0. The van der Waals surface area contributed by atoms with E-state index in [9.17, 15) is 19.2 Å². The lowest BCUT2D eigenvalue weighted by Crippen LogP contribution is -2.38. The molecule has 0 spiro atoms. The Labute approximate surface area is 165 Å². The van der Waals surface area contributed by atoms with Crippen molar-refractivity contribution >= 4 is 29.2 Å². The number of anilines is 1. The first kappa shape index (κ1) is 19.9. The van der Waals surface area contributed by atoms with Crippen LogP contribution in [0.5, 0.6) is 0 Å². The van der Waals surface area contributed by atoms with Crippen LogP contribution >= 0.6 is 11.6 Å². The van der Waals surface area contributed by atoms with Crippen molar-refractivity contribution in [2.75, 3.05) is 12.3 Å². The number of nitrogens with two attached hydrogens (primary N) is 1. The highest BCUT2D eigenvalue weighted by atomic mass is 35.5. The molecule has 0 saturated heterocycles. The summed E-state index contributed by atoms with van der Waals surface area (Å²) in [4.78, 5) is 50.8. The van der Waals surface area contributed by atoms with Gasteiger partial charge in [0.1, 0.15) is 11.4 Å². The SMILES string of the molecule is Cn1c(N)c(C(=O)COC(=O)C2(c3ccc(Cl)cc3)CCCC2)c(=O)[nH]c1=O. The maximum Gasteiger partial charge on any atom is 0.329 e. The summed E-state index contributed by atoms with van der Waals surface area (Å²) in [5, 5.41) is 0.560. The average Bonchev–Trinajstić information content (AvgIpc) is 3.16. The number of benzene rings is 1. The highest BCUT2D eigenvalue weighted by molar-refractivity contribution is 6.30. The maximum atomic E-state index is 12.9. The van der Waals surface area contributed by atoms with E-state index < -0.39 is 40.6 Å². The van der Waals surface area contributed by atoms with Crippen molar-refractivity contribution < 1.29 is 14.3 Å². The van der Waals surface area contributed by atoms with Crippen LogP contribution < -0.4 is 17.0 Å². The number of nitrogen functional groups attached to an aromatic ring is 1. The highest BCUT2D eigenvalue weighted by Crippen LogP contribution is 2.42. The van der Waals surface area contributed by atoms with Gasteiger partial charge in [0.25, 0.3) is 5.56 Å². The van der Waals surface area contributed by atoms with Gasteiger partial charge in [0.15, 0.2) is 6.61 Å². The van der Waals surface area contributed by atoms with Crippen molar-refractivity contribution in [2.24, 2.45) is 7.05 Å². The van der Waals surface area contributed by atoms with Gasteiger partial charge in [-0.15, -0.1) is 0 Å². The molecule has 3 rings (SSSR count). The molecule has 1 aromatic heterocycles. The first-order chi connectivity index (χ1) is 13.3. The zero-order chi connectivity index (χ0) is 20.5. The molecule has 0 bridgehead atoms. The van der Waals surface area contributed by atoms with E-state index >= 15 is 0 Å².